The molecule has 0 spiro atoms. The SMILES string of the molecule is Cc1c(-c2cc(OCc3ccc(F)cn3)n3c(C#N)cnc3c2)nnn1C1CCN(C(=O)OC(C)(C)C)CC1. The number of rotatable bonds is 5. The number of fused-ring (bicyclic) bond motifs is 1. The fraction of sp³-hybridized carbons (Fsp3) is 0.407. The number of halogens is 1. The summed E-state index contributed by atoms with van der Waals surface area (Å²) in [7, 11) is 0. The Hall–Kier alpha value is -4.53. The zero-order valence-corrected chi connectivity index (χ0v) is 22.3. The highest BCUT2D eigenvalue weighted by molar-refractivity contribution is 5.69. The quantitative estimate of drug-likeness (QED) is 0.369. The van der Waals surface area contributed by atoms with Gasteiger partial charge in [0.15, 0.2) is 0 Å². The third-order valence-electron chi connectivity index (χ3n) is 6.51. The molecule has 12 heteroatoms. The minimum Gasteiger partial charge on any atom is -0.472 e. The summed E-state index contributed by atoms with van der Waals surface area (Å²) in [5.74, 6) is -0.0547. The van der Waals surface area contributed by atoms with Crippen LogP contribution < -0.4 is 4.74 Å². The maximum absolute atomic E-state index is 13.3. The van der Waals surface area contributed by atoms with E-state index >= 15 is 0 Å². The van der Waals surface area contributed by atoms with Crippen molar-refractivity contribution < 1.29 is 18.7 Å². The van der Waals surface area contributed by atoms with Gasteiger partial charge in [-0.2, -0.15) is 5.26 Å². The molecular formula is C27H29FN8O3. The van der Waals surface area contributed by atoms with Crippen molar-refractivity contribution in [2.75, 3.05) is 13.1 Å². The van der Waals surface area contributed by atoms with Gasteiger partial charge in [0.05, 0.1) is 29.8 Å². The molecule has 0 aromatic carbocycles. The van der Waals surface area contributed by atoms with E-state index in [1.54, 1.807) is 21.4 Å². The number of carbonyl (C=O) groups excluding carboxylic acids is 1. The first-order valence-corrected chi connectivity index (χ1v) is 12.7. The lowest BCUT2D eigenvalue weighted by atomic mass is 10.0. The van der Waals surface area contributed by atoms with Crippen LogP contribution in [-0.2, 0) is 11.3 Å². The van der Waals surface area contributed by atoms with Crippen molar-refractivity contribution in [2.45, 2.75) is 58.8 Å². The number of pyridine rings is 2. The molecule has 0 aliphatic carbocycles. The largest absolute Gasteiger partial charge is 0.472 e. The van der Waals surface area contributed by atoms with E-state index in [9.17, 15) is 14.4 Å². The second-order valence-corrected chi connectivity index (χ2v) is 10.5. The molecule has 1 saturated heterocycles. The monoisotopic (exact) mass is 532 g/mol. The highest BCUT2D eigenvalue weighted by Gasteiger charge is 2.29. The summed E-state index contributed by atoms with van der Waals surface area (Å²) in [6.45, 7) is 8.74. The predicted molar refractivity (Wildman–Crippen MR) is 138 cm³/mol. The zero-order valence-electron chi connectivity index (χ0n) is 22.3. The molecule has 1 fully saturated rings. The number of carbonyl (C=O) groups is 1. The van der Waals surface area contributed by atoms with Gasteiger partial charge in [0.1, 0.15) is 41.1 Å². The van der Waals surface area contributed by atoms with Crippen LogP contribution in [0.5, 0.6) is 5.88 Å². The number of ether oxygens (including phenoxy) is 2. The fourth-order valence-electron chi connectivity index (χ4n) is 4.61. The molecule has 0 radical (unpaired) electrons. The summed E-state index contributed by atoms with van der Waals surface area (Å²) in [6, 6.07) is 8.68. The first-order valence-electron chi connectivity index (χ1n) is 12.7. The van der Waals surface area contributed by atoms with Gasteiger partial charge in [-0.3, -0.25) is 9.38 Å². The molecule has 0 saturated carbocycles. The van der Waals surface area contributed by atoms with Crippen LogP contribution in [0.15, 0.2) is 36.7 Å². The van der Waals surface area contributed by atoms with Crippen molar-refractivity contribution in [1.29, 1.82) is 5.26 Å². The minimum absolute atomic E-state index is 0.0732. The Kier molecular flexibility index (Phi) is 6.91. The van der Waals surface area contributed by atoms with E-state index in [0.717, 1.165) is 30.3 Å². The van der Waals surface area contributed by atoms with Crippen molar-refractivity contribution in [1.82, 2.24) is 34.3 Å². The molecule has 39 heavy (non-hydrogen) atoms. The number of imidazole rings is 1. The lowest BCUT2D eigenvalue weighted by Crippen LogP contribution is -2.42. The molecule has 11 nitrogen and oxygen atoms in total. The third kappa shape index (κ3) is 5.52. The van der Waals surface area contributed by atoms with E-state index in [0.29, 0.717) is 41.7 Å². The van der Waals surface area contributed by atoms with E-state index in [4.69, 9.17) is 9.47 Å². The summed E-state index contributed by atoms with van der Waals surface area (Å²) in [5, 5.41) is 18.5. The van der Waals surface area contributed by atoms with Gasteiger partial charge in [0, 0.05) is 24.7 Å². The number of aromatic nitrogens is 6. The Morgan fingerprint density at radius 2 is 1.95 bits per heavy atom. The summed E-state index contributed by atoms with van der Waals surface area (Å²) >= 11 is 0. The number of piperidine rings is 1. The lowest BCUT2D eigenvalue weighted by Gasteiger charge is -2.33. The lowest BCUT2D eigenvalue weighted by molar-refractivity contribution is 0.0184. The number of hydrogen-bond donors (Lipinski definition) is 0. The first-order chi connectivity index (χ1) is 18.6. The topological polar surface area (TPSA) is 123 Å². The second-order valence-electron chi connectivity index (χ2n) is 10.5. The maximum Gasteiger partial charge on any atom is 0.410 e. The highest BCUT2D eigenvalue weighted by atomic mass is 19.1. The van der Waals surface area contributed by atoms with E-state index in [-0.39, 0.29) is 18.7 Å². The van der Waals surface area contributed by atoms with Gasteiger partial charge in [0.25, 0.3) is 0 Å². The number of amides is 1. The highest BCUT2D eigenvalue weighted by Crippen LogP contribution is 2.31. The summed E-state index contributed by atoms with van der Waals surface area (Å²) < 4.78 is 28.3. The average Bonchev–Trinajstić information content (AvgIpc) is 3.50. The van der Waals surface area contributed by atoms with Crippen molar-refractivity contribution in [3.05, 3.63) is 59.6 Å². The predicted octanol–water partition coefficient (Wildman–Crippen LogP) is 4.46. The molecule has 0 bridgehead atoms. The number of hydrogen-bond acceptors (Lipinski definition) is 8. The zero-order chi connectivity index (χ0) is 27.7. The standard InChI is InChI=1S/C27H29FN8O3/c1-17-25(32-33-36(17)21-7-9-34(10-8-21)26(37)39-27(2,3)4)18-11-23-31-15-22(13-29)35(23)24(12-18)38-16-20-6-5-19(28)14-30-20/h5-6,11-12,14-15,21H,7-10,16H2,1-4H3. The van der Waals surface area contributed by atoms with Crippen LogP contribution in [0.25, 0.3) is 16.9 Å². The van der Waals surface area contributed by atoms with Gasteiger partial charge in [-0.25, -0.2) is 18.9 Å². The van der Waals surface area contributed by atoms with Gasteiger partial charge in [-0.15, -0.1) is 5.10 Å². The van der Waals surface area contributed by atoms with E-state index in [1.165, 1.54) is 12.3 Å². The van der Waals surface area contributed by atoms with Crippen LogP contribution in [0.2, 0.25) is 0 Å². The van der Waals surface area contributed by atoms with Crippen molar-refractivity contribution >= 4 is 11.7 Å². The smallest absolute Gasteiger partial charge is 0.410 e. The van der Waals surface area contributed by atoms with Gasteiger partial charge in [-0.05, 0) is 58.7 Å². The van der Waals surface area contributed by atoms with Crippen LogP contribution in [0.1, 0.15) is 56.7 Å². The molecule has 4 aromatic rings. The molecule has 4 aromatic heterocycles. The Morgan fingerprint density at radius 3 is 2.62 bits per heavy atom. The molecule has 202 valence electrons. The number of nitrogens with zero attached hydrogens (tertiary/aromatic N) is 8. The summed E-state index contributed by atoms with van der Waals surface area (Å²) in [5.41, 5.74) is 3.10. The van der Waals surface area contributed by atoms with Crippen molar-refractivity contribution in [2.24, 2.45) is 0 Å². The third-order valence-corrected chi connectivity index (χ3v) is 6.51. The summed E-state index contributed by atoms with van der Waals surface area (Å²) in [6.07, 6.45) is 3.76. The average molecular weight is 533 g/mol. The Bertz CT molecular complexity index is 1540. The molecule has 0 N–H and O–H groups in total. The van der Waals surface area contributed by atoms with Crippen LogP contribution in [0.3, 0.4) is 0 Å². The van der Waals surface area contributed by atoms with Crippen LogP contribution in [0.4, 0.5) is 9.18 Å². The molecule has 0 unspecified atom stereocenters. The molecule has 1 amide bonds. The molecule has 1 aliphatic heterocycles. The molecule has 5 rings (SSSR count). The van der Waals surface area contributed by atoms with Crippen LogP contribution in [-0.4, -0.2) is 59.0 Å². The van der Waals surface area contributed by atoms with E-state index < -0.39 is 11.4 Å². The molecular weight excluding hydrogens is 503 g/mol. The Morgan fingerprint density at radius 1 is 1.18 bits per heavy atom. The normalized spacial score (nSPS) is 14.4. The molecule has 0 atom stereocenters. The first kappa shape index (κ1) is 26.1. The summed E-state index contributed by atoms with van der Waals surface area (Å²) in [4.78, 5) is 22.6. The Labute approximate surface area is 224 Å². The number of nitriles is 1. The van der Waals surface area contributed by atoms with E-state index in [1.807, 2.05) is 38.4 Å². The number of likely N-dealkylation sites (tertiary alicyclic amines) is 1. The second kappa shape index (κ2) is 10.3. The van der Waals surface area contributed by atoms with Crippen molar-refractivity contribution in [3.8, 4) is 23.2 Å². The van der Waals surface area contributed by atoms with E-state index in [2.05, 4.69) is 26.3 Å². The maximum atomic E-state index is 13.3. The molecule has 1 aliphatic rings. The minimum atomic E-state index is -0.534. The van der Waals surface area contributed by atoms with Crippen LogP contribution in [0, 0.1) is 24.1 Å². The fourth-order valence-corrected chi connectivity index (χ4v) is 4.61. The Balaban J connectivity index is 1.38. The van der Waals surface area contributed by atoms with Crippen molar-refractivity contribution in [3.63, 3.8) is 0 Å². The van der Waals surface area contributed by atoms with Gasteiger partial charge < -0.3 is 14.4 Å². The van der Waals surface area contributed by atoms with Gasteiger partial charge >= 0.3 is 6.09 Å². The van der Waals surface area contributed by atoms with Gasteiger partial charge in [0.2, 0.25) is 5.88 Å². The molecule has 5 heterocycles. The van der Waals surface area contributed by atoms with Gasteiger partial charge in [-0.1, -0.05) is 5.21 Å². The van der Waals surface area contributed by atoms with Crippen LogP contribution >= 0.6 is 0 Å².